The molecule has 21 heavy (non-hydrogen) atoms. The van der Waals surface area contributed by atoms with E-state index in [4.69, 9.17) is 21.1 Å². The number of alkyl halides is 1. The molecular formula is C13H27ClN2O4S. The molecule has 1 saturated heterocycles. The Morgan fingerprint density at radius 1 is 1.38 bits per heavy atom. The number of methoxy groups -OCH3 is 2. The van der Waals surface area contributed by atoms with Gasteiger partial charge < -0.3 is 9.47 Å². The van der Waals surface area contributed by atoms with Gasteiger partial charge in [-0.3, -0.25) is 0 Å². The average molecular weight is 343 g/mol. The van der Waals surface area contributed by atoms with E-state index in [0.717, 1.165) is 12.8 Å². The van der Waals surface area contributed by atoms with Gasteiger partial charge in [-0.25, -0.2) is 0 Å². The summed E-state index contributed by atoms with van der Waals surface area (Å²) in [5.41, 5.74) is 0. The zero-order valence-electron chi connectivity index (χ0n) is 13.1. The van der Waals surface area contributed by atoms with Gasteiger partial charge in [0.15, 0.2) is 0 Å². The first-order valence-electron chi connectivity index (χ1n) is 7.28. The van der Waals surface area contributed by atoms with Crippen LogP contribution in [0.4, 0.5) is 0 Å². The van der Waals surface area contributed by atoms with Crippen molar-refractivity contribution in [1.82, 2.24) is 8.61 Å². The lowest BCUT2D eigenvalue weighted by molar-refractivity contribution is 0.113. The van der Waals surface area contributed by atoms with Crippen LogP contribution < -0.4 is 0 Å². The quantitative estimate of drug-likeness (QED) is 0.590. The molecule has 2 atom stereocenters. The van der Waals surface area contributed by atoms with Gasteiger partial charge in [0.25, 0.3) is 10.2 Å². The Kier molecular flexibility index (Phi) is 8.44. The van der Waals surface area contributed by atoms with E-state index in [9.17, 15) is 8.42 Å². The molecule has 1 fully saturated rings. The second-order valence-electron chi connectivity index (χ2n) is 5.44. The maximum Gasteiger partial charge on any atom is 0.282 e. The second kappa shape index (κ2) is 9.27. The van der Waals surface area contributed by atoms with E-state index >= 15 is 0 Å². The maximum atomic E-state index is 12.9. The van der Waals surface area contributed by atoms with Crippen molar-refractivity contribution in [3.05, 3.63) is 0 Å². The van der Waals surface area contributed by atoms with Gasteiger partial charge in [0.1, 0.15) is 0 Å². The van der Waals surface area contributed by atoms with Crippen molar-refractivity contribution < 1.29 is 17.9 Å². The normalized spacial score (nSPS) is 22.6. The summed E-state index contributed by atoms with van der Waals surface area (Å²) in [5.74, 6) is 0.731. The highest BCUT2D eigenvalue weighted by Crippen LogP contribution is 2.23. The number of halogens is 1. The molecule has 1 rings (SSSR count). The van der Waals surface area contributed by atoms with E-state index in [1.54, 1.807) is 18.5 Å². The van der Waals surface area contributed by atoms with E-state index in [-0.39, 0.29) is 12.0 Å². The Morgan fingerprint density at radius 2 is 2.10 bits per heavy atom. The van der Waals surface area contributed by atoms with Crippen LogP contribution >= 0.6 is 11.6 Å². The fraction of sp³-hybridized carbons (Fsp3) is 1.00. The van der Waals surface area contributed by atoms with Crippen LogP contribution in [0.15, 0.2) is 0 Å². The van der Waals surface area contributed by atoms with Crippen LogP contribution in [0.1, 0.15) is 19.8 Å². The second-order valence-corrected chi connectivity index (χ2v) is 7.63. The molecule has 0 amide bonds. The first kappa shape index (κ1) is 19.1. The number of ether oxygens (including phenoxy) is 2. The van der Waals surface area contributed by atoms with E-state index in [1.165, 1.54) is 4.31 Å². The maximum absolute atomic E-state index is 12.9. The molecule has 1 aliphatic heterocycles. The Morgan fingerprint density at radius 3 is 2.67 bits per heavy atom. The Bertz CT molecular complexity index is 394. The molecule has 1 aliphatic rings. The molecule has 1 heterocycles. The van der Waals surface area contributed by atoms with Crippen molar-refractivity contribution in [3.63, 3.8) is 0 Å². The number of rotatable bonds is 9. The number of hydrogen-bond acceptors (Lipinski definition) is 4. The van der Waals surface area contributed by atoms with Crippen molar-refractivity contribution in [2.24, 2.45) is 5.92 Å². The highest BCUT2D eigenvalue weighted by molar-refractivity contribution is 7.86. The standard InChI is InChI=1S/C13H27ClN2O4S/c1-12(11-20-3)16(7-8-19-2)21(17,18)15-6-4-5-13(9-14)10-15/h12-13H,4-11H2,1-3H3. The van der Waals surface area contributed by atoms with Crippen molar-refractivity contribution in [2.75, 3.05) is 52.9 Å². The van der Waals surface area contributed by atoms with Crippen molar-refractivity contribution in [3.8, 4) is 0 Å². The first-order chi connectivity index (χ1) is 9.97. The molecule has 6 nitrogen and oxygen atoms in total. The molecule has 8 heteroatoms. The summed E-state index contributed by atoms with van der Waals surface area (Å²) in [6.07, 6.45) is 1.84. The summed E-state index contributed by atoms with van der Waals surface area (Å²) < 4.78 is 38.9. The van der Waals surface area contributed by atoms with Gasteiger partial charge in [-0.05, 0) is 25.7 Å². The van der Waals surface area contributed by atoms with Crippen molar-refractivity contribution in [2.45, 2.75) is 25.8 Å². The largest absolute Gasteiger partial charge is 0.383 e. The van der Waals surface area contributed by atoms with E-state index in [1.807, 2.05) is 6.92 Å². The van der Waals surface area contributed by atoms with Crippen LogP contribution in [-0.2, 0) is 19.7 Å². The lowest BCUT2D eigenvalue weighted by atomic mass is 10.0. The molecule has 0 spiro atoms. The average Bonchev–Trinajstić information content (AvgIpc) is 2.47. The monoisotopic (exact) mass is 342 g/mol. The highest BCUT2D eigenvalue weighted by Gasteiger charge is 2.35. The summed E-state index contributed by atoms with van der Waals surface area (Å²) in [5, 5.41) is 0. The third kappa shape index (κ3) is 5.33. The van der Waals surface area contributed by atoms with E-state index in [0.29, 0.717) is 38.7 Å². The summed E-state index contributed by atoms with van der Waals surface area (Å²) in [7, 11) is -0.376. The van der Waals surface area contributed by atoms with Gasteiger partial charge in [-0.1, -0.05) is 0 Å². The summed E-state index contributed by atoms with van der Waals surface area (Å²) in [6.45, 7) is 3.94. The van der Waals surface area contributed by atoms with Gasteiger partial charge in [-0.2, -0.15) is 17.0 Å². The van der Waals surface area contributed by atoms with Gasteiger partial charge >= 0.3 is 0 Å². The Labute approximate surface area is 133 Å². The SMILES string of the molecule is COCCN(C(C)COC)S(=O)(=O)N1CCCC(CCl)C1. The molecule has 2 unspecified atom stereocenters. The number of hydrogen-bond donors (Lipinski definition) is 0. The van der Waals surface area contributed by atoms with Gasteiger partial charge in [-0.15, -0.1) is 11.6 Å². The summed E-state index contributed by atoms with van der Waals surface area (Å²) in [4.78, 5) is 0. The minimum absolute atomic E-state index is 0.230. The molecule has 0 aliphatic carbocycles. The summed E-state index contributed by atoms with van der Waals surface area (Å²) >= 11 is 5.90. The molecule has 0 bridgehead atoms. The molecule has 0 aromatic rings. The van der Waals surface area contributed by atoms with Gasteiger partial charge in [0, 0.05) is 45.8 Å². The third-order valence-electron chi connectivity index (χ3n) is 3.74. The highest BCUT2D eigenvalue weighted by atomic mass is 35.5. The third-order valence-corrected chi connectivity index (χ3v) is 6.29. The number of nitrogens with zero attached hydrogens (tertiary/aromatic N) is 2. The van der Waals surface area contributed by atoms with Gasteiger partial charge in [0.05, 0.1) is 13.2 Å². The zero-order chi connectivity index (χ0) is 15.9. The van der Waals surface area contributed by atoms with Crippen LogP contribution in [0.5, 0.6) is 0 Å². The van der Waals surface area contributed by atoms with Crippen molar-refractivity contribution in [1.29, 1.82) is 0 Å². The van der Waals surface area contributed by atoms with Crippen LogP contribution in [0, 0.1) is 5.92 Å². The fourth-order valence-electron chi connectivity index (χ4n) is 2.58. The lowest BCUT2D eigenvalue weighted by Crippen LogP contribution is -2.52. The molecule has 0 N–H and O–H groups in total. The van der Waals surface area contributed by atoms with Crippen molar-refractivity contribution >= 4 is 21.8 Å². The Balaban J connectivity index is 2.86. The minimum Gasteiger partial charge on any atom is -0.383 e. The molecule has 126 valence electrons. The topological polar surface area (TPSA) is 59.1 Å². The molecule has 0 aromatic heterocycles. The molecular weight excluding hydrogens is 316 g/mol. The molecule has 0 radical (unpaired) electrons. The predicted octanol–water partition coefficient (Wildman–Crippen LogP) is 1.17. The van der Waals surface area contributed by atoms with Crippen LogP contribution in [0.2, 0.25) is 0 Å². The minimum atomic E-state index is -3.51. The summed E-state index contributed by atoms with van der Waals surface area (Å²) in [6, 6.07) is -0.230. The fourth-order valence-corrected chi connectivity index (χ4v) is 4.71. The van der Waals surface area contributed by atoms with E-state index < -0.39 is 10.2 Å². The predicted molar refractivity (Wildman–Crippen MR) is 83.9 cm³/mol. The zero-order valence-corrected chi connectivity index (χ0v) is 14.7. The molecule has 0 aromatic carbocycles. The van der Waals surface area contributed by atoms with E-state index in [2.05, 4.69) is 0 Å². The lowest BCUT2D eigenvalue weighted by Gasteiger charge is -2.37. The van der Waals surface area contributed by atoms with Crippen LogP contribution in [0.25, 0.3) is 0 Å². The number of piperidine rings is 1. The van der Waals surface area contributed by atoms with Crippen LogP contribution in [0.3, 0.4) is 0 Å². The van der Waals surface area contributed by atoms with Crippen LogP contribution in [-0.4, -0.2) is 76.0 Å². The first-order valence-corrected chi connectivity index (χ1v) is 9.21. The smallest absolute Gasteiger partial charge is 0.282 e. The van der Waals surface area contributed by atoms with Gasteiger partial charge in [0.2, 0.25) is 0 Å². The molecule has 0 saturated carbocycles. The Hall–Kier alpha value is 0.0800.